The first kappa shape index (κ1) is 24.1. The fourth-order valence-electron chi connectivity index (χ4n) is 3.07. The summed E-state index contributed by atoms with van der Waals surface area (Å²) >= 11 is 0. The Hall–Kier alpha value is -3.19. The van der Waals surface area contributed by atoms with Gasteiger partial charge in [0.15, 0.2) is 0 Å². The lowest BCUT2D eigenvalue weighted by Crippen LogP contribution is -2.56. The fraction of sp³-hybridized carbons (Fsp3) is 0.375. The maximum Gasteiger partial charge on any atom is 0.417 e. The average molecular weight is 427 g/mol. The van der Waals surface area contributed by atoms with E-state index in [1.54, 1.807) is 32.9 Å². The molecule has 0 fully saturated rings. The summed E-state index contributed by atoms with van der Waals surface area (Å²) in [6.07, 6.45) is -0.651. The normalized spacial score (nSPS) is 13.1. The molecule has 2 atom stereocenters. The second kappa shape index (κ2) is 10.7. The molecule has 0 heterocycles. The van der Waals surface area contributed by atoms with Crippen molar-refractivity contribution < 1.29 is 23.9 Å². The smallest absolute Gasteiger partial charge is 0.417 e. The Bertz CT molecular complexity index is 878. The van der Waals surface area contributed by atoms with Crippen LogP contribution in [-0.4, -0.2) is 47.7 Å². The van der Waals surface area contributed by atoms with Crippen LogP contribution in [0.15, 0.2) is 60.7 Å². The number of imide groups is 1. The Morgan fingerprint density at radius 1 is 0.903 bits per heavy atom. The highest BCUT2D eigenvalue weighted by atomic mass is 16.6. The highest BCUT2D eigenvalue weighted by molar-refractivity contribution is 5.99. The van der Waals surface area contributed by atoms with E-state index in [-0.39, 0.29) is 12.8 Å². The van der Waals surface area contributed by atoms with E-state index in [0.717, 1.165) is 16.0 Å². The molecule has 0 aliphatic carbocycles. The third-order valence-electron chi connectivity index (χ3n) is 4.50. The summed E-state index contributed by atoms with van der Waals surface area (Å²) < 4.78 is 10.4. The van der Waals surface area contributed by atoms with Crippen LogP contribution >= 0.6 is 0 Å². The van der Waals surface area contributed by atoms with Crippen LogP contribution in [0.3, 0.4) is 0 Å². The van der Waals surface area contributed by atoms with Gasteiger partial charge in [-0.25, -0.2) is 14.5 Å². The Morgan fingerprint density at radius 3 is 1.84 bits per heavy atom. The van der Waals surface area contributed by atoms with Crippen LogP contribution in [0, 0.1) is 0 Å². The monoisotopic (exact) mass is 426 g/mol. The molecule has 2 N–H and O–H groups in total. The maximum atomic E-state index is 13.3. The Labute approximate surface area is 183 Å². The number of ether oxygens (including phenoxy) is 2. The predicted octanol–water partition coefficient (Wildman–Crippen LogP) is 3.10. The second-order valence-electron chi connectivity index (χ2n) is 8.21. The van der Waals surface area contributed by atoms with E-state index in [1.807, 2.05) is 48.5 Å². The van der Waals surface area contributed by atoms with Crippen molar-refractivity contribution >= 4 is 18.0 Å². The molecule has 2 rings (SSSR count). The summed E-state index contributed by atoms with van der Waals surface area (Å²) in [4.78, 5) is 39.8. The first-order chi connectivity index (χ1) is 14.6. The average Bonchev–Trinajstić information content (AvgIpc) is 2.72. The van der Waals surface area contributed by atoms with Crippen molar-refractivity contribution in [2.75, 3.05) is 7.11 Å². The van der Waals surface area contributed by atoms with Crippen molar-refractivity contribution in [2.45, 2.75) is 51.3 Å². The molecule has 2 amide bonds. The van der Waals surface area contributed by atoms with Crippen molar-refractivity contribution in [1.29, 1.82) is 0 Å². The molecular formula is C24H30N2O5. The third-order valence-corrected chi connectivity index (χ3v) is 4.50. The molecule has 2 aromatic carbocycles. The highest BCUT2D eigenvalue weighted by Gasteiger charge is 2.40. The first-order valence-corrected chi connectivity index (χ1v) is 10.1. The lowest BCUT2D eigenvalue weighted by Gasteiger charge is -2.32. The number of hydrogen-bond acceptors (Lipinski definition) is 6. The number of benzene rings is 2. The van der Waals surface area contributed by atoms with E-state index in [9.17, 15) is 14.4 Å². The zero-order chi connectivity index (χ0) is 23.0. The number of nitrogens with zero attached hydrogens (tertiary/aromatic N) is 1. The SMILES string of the molecule is COC(=O)[C@H](Cc1ccccc1)N(C(=O)OC(C)(C)C)C(=O)[C@@H](N)Cc1ccccc1. The molecule has 0 saturated carbocycles. The molecule has 0 aromatic heterocycles. The van der Waals surface area contributed by atoms with E-state index in [4.69, 9.17) is 15.2 Å². The highest BCUT2D eigenvalue weighted by Crippen LogP contribution is 2.18. The van der Waals surface area contributed by atoms with Gasteiger partial charge in [-0.2, -0.15) is 0 Å². The standard InChI is InChI=1S/C24H30N2O5/c1-24(2,3)31-23(29)26(21(27)19(25)15-17-11-7-5-8-12-17)20(22(28)30-4)16-18-13-9-6-10-14-18/h5-14,19-20H,15-16,25H2,1-4H3/t19-,20-/m0/s1. The zero-order valence-corrected chi connectivity index (χ0v) is 18.4. The van der Waals surface area contributed by atoms with Crippen LogP contribution in [0.2, 0.25) is 0 Å². The number of hydrogen-bond donors (Lipinski definition) is 1. The maximum absolute atomic E-state index is 13.3. The summed E-state index contributed by atoms with van der Waals surface area (Å²) in [6.45, 7) is 5.05. The number of amides is 2. The van der Waals surface area contributed by atoms with E-state index >= 15 is 0 Å². The second-order valence-corrected chi connectivity index (χ2v) is 8.21. The molecule has 0 radical (unpaired) electrons. The van der Waals surface area contributed by atoms with Crippen LogP contribution in [0.4, 0.5) is 4.79 Å². The summed E-state index contributed by atoms with van der Waals surface area (Å²) in [7, 11) is 1.21. The Kier molecular flexibility index (Phi) is 8.33. The summed E-state index contributed by atoms with van der Waals surface area (Å²) in [5.74, 6) is -1.43. The number of methoxy groups -OCH3 is 1. The van der Waals surface area contributed by atoms with E-state index in [0.29, 0.717) is 0 Å². The number of nitrogens with two attached hydrogens (primary N) is 1. The molecule has 0 saturated heterocycles. The topological polar surface area (TPSA) is 98.9 Å². The van der Waals surface area contributed by atoms with Gasteiger partial charge < -0.3 is 15.2 Å². The van der Waals surface area contributed by atoms with Crippen LogP contribution in [-0.2, 0) is 31.9 Å². The fourth-order valence-corrected chi connectivity index (χ4v) is 3.07. The summed E-state index contributed by atoms with van der Waals surface area (Å²) in [5, 5.41) is 0. The molecular weight excluding hydrogens is 396 g/mol. The Balaban J connectivity index is 2.39. The molecule has 0 aliphatic rings. The molecule has 0 bridgehead atoms. The van der Waals surface area contributed by atoms with Crippen molar-refractivity contribution in [2.24, 2.45) is 5.73 Å². The van der Waals surface area contributed by atoms with Gasteiger partial charge in [-0.3, -0.25) is 4.79 Å². The molecule has 0 aliphatic heterocycles. The minimum Gasteiger partial charge on any atom is -0.467 e. The van der Waals surface area contributed by atoms with Gasteiger partial charge in [0.2, 0.25) is 5.91 Å². The molecule has 0 unspecified atom stereocenters. The van der Waals surface area contributed by atoms with E-state index in [2.05, 4.69) is 0 Å². The van der Waals surface area contributed by atoms with Crippen molar-refractivity contribution in [3.63, 3.8) is 0 Å². The largest absolute Gasteiger partial charge is 0.467 e. The Morgan fingerprint density at radius 2 is 1.39 bits per heavy atom. The minimum absolute atomic E-state index is 0.0799. The molecule has 166 valence electrons. The molecule has 31 heavy (non-hydrogen) atoms. The van der Waals surface area contributed by atoms with Gasteiger partial charge in [0, 0.05) is 6.42 Å². The van der Waals surface area contributed by atoms with Gasteiger partial charge in [-0.1, -0.05) is 60.7 Å². The van der Waals surface area contributed by atoms with Crippen LogP contribution in [0.25, 0.3) is 0 Å². The van der Waals surface area contributed by atoms with Gasteiger partial charge in [-0.05, 0) is 38.3 Å². The van der Waals surface area contributed by atoms with Gasteiger partial charge in [0.05, 0.1) is 13.2 Å². The molecule has 7 heteroatoms. The number of carbonyl (C=O) groups excluding carboxylic acids is 3. The number of esters is 1. The molecule has 7 nitrogen and oxygen atoms in total. The number of rotatable bonds is 7. The van der Waals surface area contributed by atoms with Crippen LogP contribution < -0.4 is 5.73 Å². The van der Waals surface area contributed by atoms with Crippen LogP contribution in [0.5, 0.6) is 0 Å². The lowest BCUT2D eigenvalue weighted by atomic mass is 10.0. The van der Waals surface area contributed by atoms with Gasteiger partial charge in [-0.15, -0.1) is 0 Å². The molecule has 0 spiro atoms. The minimum atomic E-state index is -1.21. The molecule has 2 aromatic rings. The summed E-state index contributed by atoms with van der Waals surface area (Å²) in [6, 6.07) is 16.0. The lowest BCUT2D eigenvalue weighted by molar-refractivity contribution is -0.152. The third kappa shape index (κ3) is 7.22. The first-order valence-electron chi connectivity index (χ1n) is 10.1. The summed E-state index contributed by atoms with van der Waals surface area (Å²) in [5.41, 5.74) is 6.90. The predicted molar refractivity (Wildman–Crippen MR) is 117 cm³/mol. The van der Waals surface area contributed by atoms with Gasteiger partial charge in [0.25, 0.3) is 0 Å². The van der Waals surface area contributed by atoms with Crippen molar-refractivity contribution in [3.8, 4) is 0 Å². The van der Waals surface area contributed by atoms with E-state index in [1.165, 1.54) is 7.11 Å². The van der Waals surface area contributed by atoms with Crippen LogP contribution in [0.1, 0.15) is 31.9 Å². The van der Waals surface area contributed by atoms with Crippen molar-refractivity contribution in [1.82, 2.24) is 4.90 Å². The zero-order valence-electron chi connectivity index (χ0n) is 18.4. The van der Waals surface area contributed by atoms with Crippen molar-refractivity contribution in [3.05, 3.63) is 71.8 Å². The van der Waals surface area contributed by atoms with Gasteiger partial charge in [0.1, 0.15) is 11.6 Å². The van der Waals surface area contributed by atoms with Gasteiger partial charge >= 0.3 is 12.1 Å². The quantitative estimate of drug-likeness (QED) is 0.683. The number of carbonyl (C=O) groups is 3. The van der Waals surface area contributed by atoms with E-state index < -0.39 is 35.7 Å².